The summed E-state index contributed by atoms with van der Waals surface area (Å²) in [5.74, 6) is -2.85. The third-order valence-electron chi connectivity index (χ3n) is 3.68. The van der Waals surface area contributed by atoms with Crippen molar-refractivity contribution in [2.45, 2.75) is 13.1 Å². The SMILES string of the molecule is CC1CN(C(=O)c2ccccc2C(F)(F)F)CC1C(=O)O. The molecule has 0 aromatic heterocycles. The van der Waals surface area contributed by atoms with Gasteiger partial charge in [-0.2, -0.15) is 13.2 Å². The van der Waals surface area contributed by atoms with Crippen molar-refractivity contribution in [1.29, 1.82) is 0 Å². The fourth-order valence-corrected chi connectivity index (χ4v) is 2.54. The molecule has 0 radical (unpaired) electrons. The zero-order chi connectivity index (χ0) is 15.8. The van der Waals surface area contributed by atoms with Gasteiger partial charge in [0.05, 0.1) is 17.0 Å². The summed E-state index contributed by atoms with van der Waals surface area (Å²) >= 11 is 0. The Morgan fingerprint density at radius 3 is 2.38 bits per heavy atom. The fraction of sp³-hybridized carbons (Fsp3) is 0.429. The van der Waals surface area contributed by atoms with E-state index in [4.69, 9.17) is 5.11 Å². The predicted molar refractivity (Wildman–Crippen MR) is 67.6 cm³/mol. The van der Waals surface area contributed by atoms with Crippen LogP contribution in [0.1, 0.15) is 22.8 Å². The van der Waals surface area contributed by atoms with Crippen LogP contribution in [0, 0.1) is 11.8 Å². The third-order valence-corrected chi connectivity index (χ3v) is 3.68. The Bertz CT molecular complexity index is 571. The van der Waals surface area contributed by atoms with Crippen LogP contribution in [0.15, 0.2) is 24.3 Å². The first-order valence-electron chi connectivity index (χ1n) is 6.40. The molecule has 0 saturated carbocycles. The highest BCUT2D eigenvalue weighted by Crippen LogP contribution is 2.33. The molecule has 1 aliphatic heterocycles. The number of amides is 1. The number of carboxylic acid groups (broad SMARTS) is 1. The van der Waals surface area contributed by atoms with Gasteiger partial charge in [-0.25, -0.2) is 0 Å². The van der Waals surface area contributed by atoms with Crippen molar-refractivity contribution in [2.24, 2.45) is 11.8 Å². The predicted octanol–water partition coefficient (Wildman–Crippen LogP) is 2.50. The number of rotatable bonds is 2. The molecule has 1 aromatic rings. The van der Waals surface area contributed by atoms with Crippen molar-refractivity contribution in [3.63, 3.8) is 0 Å². The van der Waals surface area contributed by atoms with Crippen molar-refractivity contribution in [1.82, 2.24) is 4.90 Å². The maximum Gasteiger partial charge on any atom is 0.417 e. The summed E-state index contributed by atoms with van der Waals surface area (Å²) in [5.41, 5.74) is -1.44. The smallest absolute Gasteiger partial charge is 0.417 e. The monoisotopic (exact) mass is 301 g/mol. The summed E-state index contributed by atoms with van der Waals surface area (Å²) < 4.78 is 38.7. The molecular formula is C14H14F3NO3. The van der Waals surface area contributed by atoms with Gasteiger partial charge in [-0.3, -0.25) is 9.59 Å². The van der Waals surface area contributed by atoms with E-state index >= 15 is 0 Å². The molecular weight excluding hydrogens is 287 g/mol. The Balaban J connectivity index is 2.29. The number of halogens is 3. The van der Waals surface area contributed by atoms with Crippen molar-refractivity contribution in [3.8, 4) is 0 Å². The molecule has 2 atom stereocenters. The van der Waals surface area contributed by atoms with Crippen LogP contribution in [0.3, 0.4) is 0 Å². The fourth-order valence-electron chi connectivity index (χ4n) is 2.54. The molecule has 1 amide bonds. The van der Waals surface area contributed by atoms with E-state index in [1.165, 1.54) is 17.0 Å². The van der Waals surface area contributed by atoms with E-state index in [0.717, 1.165) is 12.1 Å². The highest BCUT2D eigenvalue weighted by atomic mass is 19.4. The Kier molecular flexibility index (Phi) is 3.93. The Hall–Kier alpha value is -2.05. The zero-order valence-electron chi connectivity index (χ0n) is 11.2. The van der Waals surface area contributed by atoms with Gasteiger partial charge in [0.15, 0.2) is 0 Å². The number of benzene rings is 1. The van der Waals surface area contributed by atoms with Gasteiger partial charge in [0, 0.05) is 13.1 Å². The number of nitrogens with zero attached hydrogens (tertiary/aromatic N) is 1. The molecule has 114 valence electrons. The molecule has 1 N–H and O–H groups in total. The maximum atomic E-state index is 12.9. The lowest BCUT2D eigenvalue weighted by Gasteiger charge is -2.19. The van der Waals surface area contributed by atoms with Crippen molar-refractivity contribution >= 4 is 11.9 Å². The van der Waals surface area contributed by atoms with Crippen LogP contribution in [0.2, 0.25) is 0 Å². The lowest BCUT2D eigenvalue weighted by atomic mass is 9.99. The number of carbonyl (C=O) groups is 2. The molecule has 0 bridgehead atoms. The van der Waals surface area contributed by atoms with Crippen LogP contribution < -0.4 is 0 Å². The average molecular weight is 301 g/mol. The Morgan fingerprint density at radius 1 is 1.24 bits per heavy atom. The van der Waals surface area contributed by atoms with Crippen molar-refractivity contribution in [2.75, 3.05) is 13.1 Å². The van der Waals surface area contributed by atoms with Gasteiger partial charge in [0.2, 0.25) is 0 Å². The number of carbonyl (C=O) groups excluding carboxylic acids is 1. The molecule has 21 heavy (non-hydrogen) atoms. The largest absolute Gasteiger partial charge is 0.481 e. The van der Waals surface area contributed by atoms with E-state index in [2.05, 4.69) is 0 Å². The minimum atomic E-state index is -4.62. The molecule has 0 spiro atoms. The number of carboxylic acids is 1. The second-order valence-electron chi connectivity index (χ2n) is 5.18. The van der Waals surface area contributed by atoms with E-state index in [1.807, 2.05) is 0 Å². The van der Waals surface area contributed by atoms with Crippen LogP contribution in [0.25, 0.3) is 0 Å². The minimum Gasteiger partial charge on any atom is -0.481 e. The number of aliphatic carboxylic acids is 1. The van der Waals surface area contributed by atoms with Gasteiger partial charge in [-0.1, -0.05) is 19.1 Å². The topological polar surface area (TPSA) is 57.6 Å². The normalized spacial score (nSPS) is 22.4. The van der Waals surface area contributed by atoms with Crippen LogP contribution in [0.5, 0.6) is 0 Å². The first kappa shape index (κ1) is 15.3. The Labute approximate surface area is 119 Å². The summed E-state index contributed by atoms with van der Waals surface area (Å²) in [4.78, 5) is 24.5. The first-order chi connectivity index (χ1) is 9.71. The summed E-state index contributed by atoms with van der Waals surface area (Å²) in [7, 11) is 0. The van der Waals surface area contributed by atoms with Gasteiger partial charge in [0.25, 0.3) is 5.91 Å². The number of likely N-dealkylation sites (tertiary alicyclic amines) is 1. The minimum absolute atomic E-state index is 0.0679. The highest BCUT2D eigenvalue weighted by molar-refractivity contribution is 5.96. The van der Waals surface area contributed by atoms with Gasteiger partial charge < -0.3 is 10.0 Å². The summed E-state index contributed by atoms with van der Waals surface area (Å²) in [6, 6.07) is 4.54. The lowest BCUT2D eigenvalue weighted by molar-refractivity contribution is -0.142. The van der Waals surface area contributed by atoms with Gasteiger partial charge in [0.1, 0.15) is 0 Å². The lowest BCUT2D eigenvalue weighted by Crippen LogP contribution is -2.31. The molecule has 0 aliphatic carbocycles. The molecule has 1 heterocycles. The van der Waals surface area contributed by atoms with Crippen molar-refractivity contribution in [3.05, 3.63) is 35.4 Å². The number of alkyl halides is 3. The van der Waals surface area contributed by atoms with E-state index < -0.39 is 35.1 Å². The van der Waals surface area contributed by atoms with E-state index in [-0.39, 0.29) is 19.0 Å². The van der Waals surface area contributed by atoms with Gasteiger partial charge in [-0.15, -0.1) is 0 Å². The zero-order valence-corrected chi connectivity index (χ0v) is 11.2. The Morgan fingerprint density at radius 2 is 1.86 bits per heavy atom. The summed E-state index contributed by atoms with van der Waals surface area (Å²) in [6.07, 6.45) is -4.62. The first-order valence-corrected chi connectivity index (χ1v) is 6.40. The molecule has 1 saturated heterocycles. The quantitative estimate of drug-likeness (QED) is 0.913. The molecule has 7 heteroatoms. The molecule has 2 rings (SSSR count). The maximum absolute atomic E-state index is 12.9. The number of hydrogen-bond acceptors (Lipinski definition) is 2. The molecule has 1 aromatic carbocycles. The van der Waals surface area contributed by atoms with Crippen LogP contribution in [-0.4, -0.2) is 35.0 Å². The van der Waals surface area contributed by atoms with Crippen LogP contribution in [0.4, 0.5) is 13.2 Å². The standard InChI is InChI=1S/C14H14F3NO3/c1-8-6-18(7-10(8)13(20)21)12(19)9-4-2-3-5-11(9)14(15,16)17/h2-5,8,10H,6-7H2,1H3,(H,20,21). The average Bonchev–Trinajstić information content (AvgIpc) is 2.79. The molecule has 1 fully saturated rings. The van der Waals surface area contributed by atoms with E-state index in [0.29, 0.717) is 0 Å². The van der Waals surface area contributed by atoms with E-state index in [9.17, 15) is 22.8 Å². The van der Waals surface area contributed by atoms with Crippen LogP contribution >= 0.6 is 0 Å². The molecule has 1 aliphatic rings. The third kappa shape index (κ3) is 3.01. The second kappa shape index (κ2) is 5.38. The van der Waals surface area contributed by atoms with Gasteiger partial charge >= 0.3 is 12.1 Å². The highest BCUT2D eigenvalue weighted by Gasteiger charge is 2.40. The summed E-state index contributed by atoms with van der Waals surface area (Å²) in [5, 5.41) is 9.02. The second-order valence-corrected chi connectivity index (χ2v) is 5.18. The van der Waals surface area contributed by atoms with E-state index in [1.54, 1.807) is 6.92 Å². The van der Waals surface area contributed by atoms with Crippen molar-refractivity contribution < 1.29 is 27.9 Å². The van der Waals surface area contributed by atoms with Crippen LogP contribution in [-0.2, 0) is 11.0 Å². The number of hydrogen-bond donors (Lipinski definition) is 1. The molecule has 4 nitrogen and oxygen atoms in total. The summed E-state index contributed by atoms with van der Waals surface area (Å²) in [6.45, 7) is 1.74. The van der Waals surface area contributed by atoms with Gasteiger partial charge in [-0.05, 0) is 18.1 Å². The molecule has 2 unspecified atom stereocenters.